The fourth-order valence-electron chi connectivity index (χ4n) is 1.36. The average molecular weight is 273 g/mol. The van der Waals surface area contributed by atoms with Crippen LogP contribution in [0.5, 0.6) is 0 Å². The number of benzene rings is 1. The van der Waals surface area contributed by atoms with Gasteiger partial charge < -0.3 is 5.32 Å². The number of rotatable bonds is 3. The summed E-state index contributed by atoms with van der Waals surface area (Å²) in [5, 5.41) is 5.11. The molecule has 5 heteroatoms. The van der Waals surface area contributed by atoms with Gasteiger partial charge in [0.1, 0.15) is 5.01 Å². The van der Waals surface area contributed by atoms with Crippen molar-refractivity contribution in [3.8, 4) is 10.6 Å². The van der Waals surface area contributed by atoms with Crippen molar-refractivity contribution in [2.24, 2.45) is 0 Å². The SMILES string of the molecule is CNCc1cnc(-c2cccc(Cl)c2Cl)s1. The van der Waals surface area contributed by atoms with E-state index in [1.54, 1.807) is 17.4 Å². The van der Waals surface area contributed by atoms with Gasteiger partial charge in [0.05, 0.1) is 10.0 Å². The van der Waals surface area contributed by atoms with E-state index in [1.807, 2.05) is 25.4 Å². The normalized spacial score (nSPS) is 10.7. The topological polar surface area (TPSA) is 24.9 Å². The first kappa shape index (κ1) is 11.9. The molecular formula is C11H10Cl2N2S. The van der Waals surface area contributed by atoms with Crippen molar-refractivity contribution in [3.63, 3.8) is 0 Å². The zero-order valence-corrected chi connectivity index (χ0v) is 11.0. The van der Waals surface area contributed by atoms with Gasteiger partial charge in [0.15, 0.2) is 0 Å². The van der Waals surface area contributed by atoms with Crippen molar-refractivity contribution in [2.45, 2.75) is 6.54 Å². The second kappa shape index (κ2) is 5.15. The summed E-state index contributed by atoms with van der Waals surface area (Å²) in [5.74, 6) is 0. The molecule has 0 bridgehead atoms. The van der Waals surface area contributed by atoms with Gasteiger partial charge in [-0.3, -0.25) is 0 Å². The minimum Gasteiger partial charge on any atom is -0.315 e. The van der Waals surface area contributed by atoms with Crippen molar-refractivity contribution in [3.05, 3.63) is 39.3 Å². The van der Waals surface area contributed by atoms with Crippen LogP contribution < -0.4 is 5.32 Å². The van der Waals surface area contributed by atoms with Gasteiger partial charge in [-0.2, -0.15) is 0 Å². The van der Waals surface area contributed by atoms with Crippen LogP contribution in [0.1, 0.15) is 4.88 Å². The Morgan fingerprint density at radius 3 is 2.94 bits per heavy atom. The largest absolute Gasteiger partial charge is 0.315 e. The zero-order valence-electron chi connectivity index (χ0n) is 8.63. The van der Waals surface area contributed by atoms with Gasteiger partial charge in [0, 0.05) is 23.2 Å². The molecule has 16 heavy (non-hydrogen) atoms. The van der Waals surface area contributed by atoms with Crippen molar-refractivity contribution < 1.29 is 0 Å². The summed E-state index contributed by atoms with van der Waals surface area (Å²) in [5.41, 5.74) is 0.890. The lowest BCUT2D eigenvalue weighted by atomic mass is 10.2. The Bertz CT molecular complexity index is 496. The van der Waals surface area contributed by atoms with Crippen LogP contribution in [-0.2, 0) is 6.54 Å². The Morgan fingerprint density at radius 2 is 2.19 bits per heavy atom. The standard InChI is InChI=1S/C11H10Cl2N2S/c1-14-5-7-6-15-11(16-7)8-3-2-4-9(12)10(8)13/h2-4,6,14H,5H2,1H3. The number of nitrogens with zero attached hydrogens (tertiary/aromatic N) is 1. The molecule has 0 radical (unpaired) electrons. The molecule has 0 amide bonds. The highest BCUT2D eigenvalue weighted by molar-refractivity contribution is 7.15. The number of thiazole rings is 1. The van der Waals surface area contributed by atoms with Crippen LogP contribution in [0.4, 0.5) is 0 Å². The Labute approximate surface area is 108 Å². The molecule has 2 nitrogen and oxygen atoms in total. The van der Waals surface area contributed by atoms with E-state index >= 15 is 0 Å². The van der Waals surface area contributed by atoms with E-state index in [0.717, 1.165) is 17.1 Å². The minimum atomic E-state index is 0.560. The van der Waals surface area contributed by atoms with E-state index in [2.05, 4.69) is 10.3 Å². The van der Waals surface area contributed by atoms with E-state index in [4.69, 9.17) is 23.2 Å². The Hall–Kier alpha value is -0.610. The third-order valence-electron chi connectivity index (χ3n) is 2.09. The van der Waals surface area contributed by atoms with Crippen LogP contribution in [0.2, 0.25) is 10.0 Å². The minimum absolute atomic E-state index is 0.560. The molecule has 84 valence electrons. The van der Waals surface area contributed by atoms with E-state index < -0.39 is 0 Å². The first-order valence-corrected chi connectivity index (χ1v) is 6.33. The number of aromatic nitrogens is 1. The lowest BCUT2D eigenvalue weighted by Gasteiger charge is -2.01. The zero-order chi connectivity index (χ0) is 11.5. The highest BCUT2D eigenvalue weighted by Gasteiger charge is 2.10. The average Bonchev–Trinajstić information content (AvgIpc) is 2.71. The molecule has 1 aromatic heterocycles. The Morgan fingerprint density at radius 1 is 1.38 bits per heavy atom. The molecule has 0 aliphatic carbocycles. The maximum atomic E-state index is 6.13. The smallest absolute Gasteiger partial charge is 0.125 e. The summed E-state index contributed by atoms with van der Waals surface area (Å²) in [6.07, 6.45) is 1.85. The summed E-state index contributed by atoms with van der Waals surface area (Å²) in [6, 6.07) is 5.58. The summed E-state index contributed by atoms with van der Waals surface area (Å²) in [4.78, 5) is 5.52. The molecule has 2 aromatic rings. The quantitative estimate of drug-likeness (QED) is 0.919. The van der Waals surface area contributed by atoms with Gasteiger partial charge in [0.25, 0.3) is 0 Å². The van der Waals surface area contributed by atoms with E-state index in [-0.39, 0.29) is 0 Å². The molecule has 1 heterocycles. The van der Waals surface area contributed by atoms with Crippen LogP contribution >= 0.6 is 34.5 Å². The van der Waals surface area contributed by atoms with Gasteiger partial charge >= 0.3 is 0 Å². The van der Waals surface area contributed by atoms with Crippen LogP contribution in [0, 0.1) is 0 Å². The summed E-state index contributed by atoms with van der Waals surface area (Å²) in [6.45, 7) is 0.815. The van der Waals surface area contributed by atoms with Crippen molar-refractivity contribution >= 4 is 34.5 Å². The van der Waals surface area contributed by atoms with Crippen LogP contribution in [0.25, 0.3) is 10.6 Å². The van der Waals surface area contributed by atoms with Crippen molar-refractivity contribution in [2.75, 3.05) is 7.05 Å². The van der Waals surface area contributed by atoms with E-state index in [9.17, 15) is 0 Å². The predicted octanol–water partition coefficient (Wildman–Crippen LogP) is 3.84. The fraction of sp³-hybridized carbons (Fsp3) is 0.182. The van der Waals surface area contributed by atoms with Gasteiger partial charge in [0.2, 0.25) is 0 Å². The van der Waals surface area contributed by atoms with Gasteiger partial charge in [-0.05, 0) is 13.1 Å². The number of hydrogen-bond donors (Lipinski definition) is 1. The van der Waals surface area contributed by atoms with Gasteiger partial charge in [-0.15, -0.1) is 11.3 Å². The second-order valence-electron chi connectivity index (χ2n) is 3.26. The monoisotopic (exact) mass is 272 g/mol. The Kier molecular flexibility index (Phi) is 3.82. The third kappa shape index (κ3) is 2.38. The molecule has 0 unspecified atom stereocenters. The number of nitrogens with one attached hydrogen (secondary N) is 1. The second-order valence-corrected chi connectivity index (χ2v) is 5.16. The molecule has 0 atom stereocenters. The third-order valence-corrected chi connectivity index (χ3v) is 3.94. The molecule has 2 rings (SSSR count). The molecule has 0 aliphatic rings. The lowest BCUT2D eigenvalue weighted by molar-refractivity contribution is 0.829. The summed E-state index contributed by atoms with van der Waals surface area (Å²) >= 11 is 13.7. The maximum Gasteiger partial charge on any atom is 0.125 e. The van der Waals surface area contributed by atoms with Crippen LogP contribution in [0.3, 0.4) is 0 Å². The first-order valence-electron chi connectivity index (χ1n) is 4.76. The fourth-order valence-corrected chi connectivity index (χ4v) is 2.76. The van der Waals surface area contributed by atoms with Gasteiger partial charge in [-0.25, -0.2) is 4.98 Å². The molecule has 0 saturated carbocycles. The highest BCUT2D eigenvalue weighted by atomic mass is 35.5. The molecule has 1 N–H and O–H groups in total. The number of hydrogen-bond acceptors (Lipinski definition) is 3. The van der Waals surface area contributed by atoms with E-state index in [0.29, 0.717) is 10.0 Å². The maximum absolute atomic E-state index is 6.13. The molecular weight excluding hydrogens is 263 g/mol. The highest BCUT2D eigenvalue weighted by Crippen LogP contribution is 2.35. The molecule has 1 aromatic carbocycles. The molecule has 0 spiro atoms. The lowest BCUT2D eigenvalue weighted by Crippen LogP contribution is -2.02. The molecule has 0 aliphatic heterocycles. The van der Waals surface area contributed by atoms with Crippen LogP contribution in [0.15, 0.2) is 24.4 Å². The first-order chi connectivity index (χ1) is 7.72. The predicted molar refractivity (Wildman–Crippen MR) is 70.3 cm³/mol. The molecule has 0 saturated heterocycles. The summed E-state index contributed by atoms with van der Waals surface area (Å²) in [7, 11) is 1.91. The van der Waals surface area contributed by atoms with Gasteiger partial charge in [-0.1, -0.05) is 35.3 Å². The Balaban J connectivity index is 2.39. The van der Waals surface area contributed by atoms with Crippen molar-refractivity contribution in [1.29, 1.82) is 0 Å². The summed E-state index contributed by atoms with van der Waals surface area (Å²) < 4.78 is 0. The van der Waals surface area contributed by atoms with E-state index in [1.165, 1.54) is 4.88 Å². The van der Waals surface area contributed by atoms with Crippen LogP contribution in [-0.4, -0.2) is 12.0 Å². The van der Waals surface area contributed by atoms with Crippen molar-refractivity contribution in [1.82, 2.24) is 10.3 Å². The molecule has 0 fully saturated rings. The number of halogens is 2.